The second kappa shape index (κ2) is 9.87. The summed E-state index contributed by atoms with van der Waals surface area (Å²) < 4.78 is 12.2. The number of amides is 2. The fourth-order valence-corrected chi connectivity index (χ4v) is 4.03. The predicted molar refractivity (Wildman–Crippen MR) is 132 cm³/mol. The zero-order valence-electron chi connectivity index (χ0n) is 17.3. The Morgan fingerprint density at radius 1 is 1.03 bits per heavy atom. The maximum absolute atomic E-state index is 13.0. The summed E-state index contributed by atoms with van der Waals surface area (Å²) >= 11 is 15.5. The van der Waals surface area contributed by atoms with Crippen molar-refractivity contribution in [2.75, 3.05) is 12.1 Å². The van der Waals surface area contributed by atoms with Crippen molar-refractivity contribution in [1.29, 1.82) is 0 Å². The Bertz CT molecular complexity index is 1260. The number of carbonyl (C=O) groups is 2. The second-order valence-electron chi connectivity index (χ2n) is 7.04. The first-order chi connectivity index (χ1) is 15.9. The standard InChI is InChI=1S/C24H17BrCl2N2O4/c1-32-21-12-16(25)10-15(22(21)33-13-14-7-8-19(26)20(27)9-14)11-18-23(30)28-29(24(18)31)17-5-3-2-4-6-17/h2-12H,13H2,1H3,(H,28,30)/b18-11-. The second-order valence-corrected chi connectivity index (χ2v) is 8.77. The molecule has 0 spiro atoms. The Morgan fingerprint density at radius 3 is 2.48 bits per heavy atom. The number of anilines is 1. The van der Waals surface area contributed by atoms with Crippen LogP contribution in [0, 0.1) is 0 Å². The number of carbonyl (C=O) groups excluding carboxylic acids is 2. The number of halogens is 3. The monoisotopic (exact) mass is 546 g/mol. The SMILES string of the molecule is COc1cc(Br)cc(/C=C2/C(=O)NN(c3ccccc3)C2=O)c1OCc1ccc(Cl)c(Cl)c1. The van der Waals surface area contributed by atoms with Crippen LogP contribution in [0.25, 0.3) is 6.08 Å². The Morgan fingerprint density at radius 2 is 1.79 bits per heavy atom. The summed E-state index contributed by atoms with van der Waals surface area (Å²) in [6, 6.07) is 17.5. The van der Waals surface area contributed by atoms with E-state index in [4.69, 9.17) is 32.7 Å². The highest BCUT2D eigenvalue weighted by Gasteiger charge is 2.34. The normalized spacial score (nSPS) is 14.5. The molecule has 168 valence electrons. The van der Waals surface area contributed by atoms with E-state index in [1.165, 1.54) is 18.2 Å². The molecule has 1 aliphatic rings. The Balaban J connectivity index is 1.69. The highest BCUT2D eigenvalue weighted by atomic mass is 79.9. The largest absolute Gasteiger partial charge is 0.493 e. The summed E-state index contributed by atoms with van der Waals surface area (Å²) in [4.78, 5) is 25.6. The first kappa shape index (κ1) is 23.2. The summed E-state index contributed by atoms with van der Waals surface area (Å²) in [5.41, 5.74) is 4.40. The molecule has 3 aromatic carbocycles. The molecule has 4 rings (SSSR count). The lowest BCUT2D eigenvalue weighted by Gasteiger charge is -2.15. The van der Waals surface area contributed by atoms with Crippen molar-refractivity contribution < 1.29 is 19.1 Å². The van der Waals surface area contributed by atoms with Crippen LogP contribution in [0.4, 0.5) is 5.69 Å². The van der Waals surface area contributed by atoms with Crippen LogP contribution in [0.2, 0.25) is 10.0 Å². The average molecular weight is 548 g/mol. The number of rotatable bonds is 6. The van der Waals surface area contributed by atoms with Gasteiger partial charge in [-0.25, -0.2) is 5.01 Å². The van der Waals surface area contributed by atoms with Gasteiger partial charge in [-0.3, -0.25) is 15.0 Å². The van der Waals surface area contributed by atoms with Crippen molar-refractivity contribution in [2.24, 2.45) is 0 Å². The summed E-state index contributed by atoms with van der Waals surface area (Å²) in [6.45, 7) is 0.168. The molecular weight excluding hydrogens is 531 g/mol. The number of hydrogen-bond acceptors (Lipinski definition) is 4. The Hall–Kier alpha value is -3.00. The molecule has 0 unspecified atom stereocenters. The minimum absolute atomic E-state index is 0.0293. The molecule has 0 aromatic heterocycles. The molecule has 0 radical (unpaired) electrons. The van der Waals surface area contributed by atoms with Crippen LogP contribution in [0.3, 0.4) is 0 Å². The van der Waals surface area contributed by atoms with Crippen LogP contribution in [-0.2, 0) is 16.2 Å². The van der Waals surface area contributed by atoms with E-state index in [9.17, 15) is 9.59 Å². The van der Waals surface area contributed by atoms with Gasteiger partial charge in [0.1, 0.15) is 12.2 Å². The van der Waals surface area contributed by atoms with E-state index in [1.54, 1.807) is 54.6 Å². The number of nitrogens with one attached hydrogen (secondary N) is 1. The summed E-state index contributed by atoms with van der Waals surface area (Å²) in [6.07, 6.45) is 1.48. The third-order valence-electron chi connectivity index (χ3n) is 4.84. The highest BCUT2D eigenvalue weighted by molar-refractivity contribution is 9.10. The first-order valence-corrected chi connectivity index (χ1v) is 11.3. The molecule has 0 saturated carbocycles. The molecule has 1 saturated heterocycles. The number of methoxy groups -OCH3 is 1. The maximum Gasteiger partial charge on any atom is 0.282 e. The van der Waals surface area contributed by atoms with Crippen molar-refractivity contribution in [1.82, 2.24) is 5.43 Å². The number of hydrazine groups is 1. The van der Waals surface area contributed by atoms with Gasteiger partial charge in [-0.05, 0) is 48.0 Å². The molecule has 6 nitrogen and oxygen atoms in total. The summed E-state index contributed by atoms with van der Waals surface area (Å²) in [7, 11) is 1.51. The lowest BCUT2D eigenvalue weighted by Crippen LogP contribution is -2.35. The fourth-order valence-electron chi connectivity index (χ4n) is 3.26. The zero-order valence-corrected chi connectivity index (χ0v) is 20.4. The summed E-state index contributed by atoms with van der Waals surface area (Å²) in [5.74, 6) is -0.182. The smallest absolute Gasteiger partial charge is 0.282 e. The number of ether oxygens (including phenoxy) is 2. The van der Waals surface area contributed by atoms with E-state index in [0.29, 0.717) is 37.3 Å². The van der Waals surface area contributed by atoms with Gasteiger partial charge in [-0.1, -0.05) is 63.4 Å². The number of nitrogens with zero attached hydrogens (tertiary/aromatic N) is 1. The van der Waals surface area contributed by atoms with Gasteiger partial charge < -0.3 is 9.47 Å². The molecule has 2 amide bonds. The van der Waals surface area contributed by atoms with Gasteiger partial charge in [0.15, 0.2) is 11.5 Å². The van der Waals surface area contributed by atoms with Gasteiger partial charge in [0.05, 0.1) is 22.8 Å². The van der Waals surface area contributed by atoms with Crippen LogP contribution in [-0.4, -0.2) is 18.9 Å². The molecule has 33 heavy (non-hydrogen) atoms. The number of para-hydroxylation sites is 1. The van der Waals surface area contributed by atoms with Crippen molar-refractivity contribution in [2.45, 2.75) is 6.61 Å². The lowest BCUT2D eigenvalue weighted by atomic mass is 10.1. The van der Waals surface area contributed by atoms with Gasteiger partial charge in [-0.15, -0.1) is 0 Å². The molecule has 1 heterocycles. The van der Waals surface area contributed by atoms with E-state index in [1.807, 2.05) is 6.07 Å². The maximum atomic E-state index is 13.0. The number of benzene rings is 3. The quantitative estimate of drug-likeness (QED) is 0.312. The highest BCUT2D eigenvalue weighted by Crippen LogP contribution is 2.37. The Kier molecular flexibility index (Phi) is 6.93. The number of hydrogen-bond donors (Lipinski definition) is 1. The minimum atomic E-state index is -0.516. The van der Waals surface area contributed by atoms with Crippen LogP contribution in [0.5, 0.6) is 11.5 Å². The molecule has 0 atom stereocenters. The van der Waals surface area contributed by atoms with Gasteiger partial charge in [-0.2, -0.15) is 0 Å². The van der Waals surface area contributed by atoms with Crippen molar-refractivity contribution in [3.8, 4) is 11.5 Å². The third-order valence-corrected chi connectivity index (χ3v) is 6.04. The molecular formula is C24H17BrCl2N2O4. The summed E-state index contributed by atoms with van der Waals surface area (Å²) in [5, 5.41) is 2.07. The molecule has 3 aromatic rings. The van der Waals surface area contributed by atoms with Crippen LogP contribution >= 0.6 is 39.1 Å². The van der Waals surface area contributed by atoms with Gasteiger partial charge >= 0.3 is 0 Å². The minimum Gasteiger partial charge on any atom is -0.493 e. The molecule has 9 heteroatoms. The van der Waals surface area contributed by atoms with E-state index in [-0.39, 0.29) is 12.2 Å². The van der Waals surface area contributed by atoms with E-state index in [0.717, 1.165) is 5.56 Å². The Labute approximate surface area is 208 Å². The molecule has 0 bridgehead atoms. The van der Waals surface area contributed by atoms with Crippen molar-refractivity contribution >= 4 is 62.7 Å². The molecule has 0 aliphatic carbocycles. The zero-order chi connectivity index (χ0) is 23.5. The van der Waals surface area contributed by atoms with Crippen LogP contribution in [0.15, 0.2) is 70.7 Å². The fraction of sp³-hybridized carbons (Fsp3) is 0.0833. The van der Waals surface area contributed by atoms with Crippen LogP contribution in [0.1, 0.15) is 11.1 Å². The topological polar surface area (TPSA) is 67.9 Å². The predicted octanol–water partition coefficient (Wildman–Crippen LogP) is 5.80. The van der Waals surface area contributed by atoms with Crippen molar-refractivity contribution in [3.05, 3.63) is 91.9 Å². The van der Waals surface area contributed by atoms with Crippen LogP contribution < -0.4 is 19.9 Å². The average Bonchev–Trinajstić information content (AvgIpc) is 3.09. The lowest BCUT2D eigenvalue weighted by molar-refractivity contribution is -0.117. The van der Waals surface area contributed by atoms with Gasteiger partial charge in [0.25, 0.3) is 11.8 Å². The molecule has 1 N–H and O–H groups in total. The third kappa shape index (κ3) is 5.00. The van der Waals surface area contributed by atoms with Gasteiger partial charge in [0.2, 0.25) is 0 Å². The van der Waals surface area contributed by atoms with Gasteiger partial charge in [0, 0.05) is 10.0 Å². The first-order valence-electron chi connectivity index (χ1n) is 9.74. The van der Waals surface area contributed by atoms with E-state index >= 15 is 0 Å². The molecule has 1 aliphatic heterocycles. The van der Waals surface area contributed by atoms with Crippen molar-refractivity contribution in [3.63, 3.8) is 0 Å². The van der Waals surface area contributed by atoms with E-state index < -0.39 is 11.8 Å². The molecule has 1 fully saturated rings. The van der Waals surface area contributed by atoms with E-state index in [2.05, 4.69) is 21.4 Å².